The lowest BCUT2D eigenvalue weighted by atomic mass is 9.91. The van der Waals surface area contributed by atoms with Gasteiger partial charge in [-0.15, -0.1) is 0 Å². The van der Waals surface area contributed by atoms with E-state index in [0.29, 0.717) is 12.5 Å². The lowest BCUT2D eigenvalue weighted by Gasteiger charge is -2.28. The summed E-state index contributed by atoms with van der Waals surface area (Å²) in [5.41, 5.74) is 1.20. The fourth-order valence-corrected chi connectivity index (χ4v) is 2.32. The van der Waals surface area contributed by atoms with Gasteiger partial charge in [-0.1, -0.05) is 6.07 Å². The molecule has 0 amide bonds. The van der Waals surface area contributed by atoms with Crippen LogP contribution in [0.3, 0.4) is 0 Å². The normalized spacial score (nSPS) is 23.7. The molecule has 1 heterocycles. The quantitative estimate of drug-likeness (QED) is 0.890. The van der Waals surface area contributed by atoms with E-state index >= 15 is 0 Å². The predicted octanol–water partition coefficient (Wildman–Crippen LogP) is 1.96. The molecule has 1 aliphatic heterocycles. The smallest absolute Gasteiger partial charge is 0.160 e. The van der Waals surface area contributed by atoms with Crippen LogP contribution in [0.25, 0.3) is 0 Å². The number of hydrogen-bond donors (Lipinski definition) is 1. The average molecular weight is 252 g/mol. The van der Waals surface area contributed by atoms with Crippen LogP contribution in [0.5, 0.6) is 11.5 Å². The molecule has 0 spiro atoms. The summed E-state index contributed by atoms with van der Waals surface area (Å²) < 4.78 is 16.1. The highest BCUT2D eigenvalue weighted by Crippen LogP contribution is 2.34. The van der Waals surface area contributed by atoms with Crippen LogP contribution in [0.2, 0.25) is 0 Å². The maximum atomic E-state index is 9.04. The zero-order valence-electron chi connectivity index (χ0n) is 10.9. The molecule has 1 aromatic carbocycles. The highest BCUT2D eigenvalue weighted by molar-refractivity contribution is 5.44. The Bertz CT molecular complexity index is 383. The predicted molar refractivity (Wildman–Crippen MR) is 68.3 cm³/mol. The highest BCUT2D eigenvalue weighted by atomic mass is 16.5. The van der Waals surface area contributed by atoms with Crippen LogP contribution >= 0.6 is 0 Å². The minimum atomic E-state index is 0.00129. The molecule has 4 heteroatoms. The lowest BCUT2D eigenvalue weighted by molar-refractivity contribution is -0.0270. The molecule has 2 rings (SSSR count). The molecule has 0 unspecified atom stereocenters. The van der Waals surface area contributed by atoms with E-state index in [1.54, 1.807) is 14.2 Å². The number of methoxy groups -OCH3 is 2. The van der Waals surface area contributed by atoms with Crippen molar-refractivity contribution >= 4 is 0 Å². The lowest BCUT2D eigenvalue weighted by Crippen LogP contribution is -2.27. The van der Waals surface area contributed by atoms with Gasteiger partial charge in [-0.25, -0.2) is 0 Å². The van der Waals surface area contributed by atoms with Crippen LogP contribution in [0, 0.1) is 0 Å². The fourth-order valence-electron chi connectivity index (χ4n) is 2.32. The second-order valence-electron chi connectivity index (χ2n) is 4.53. The van der Waals surface area contributed by atoms with E-state index in [2.05, 4.69) is 6.07 Å². The molecular weight excluding hydrogens is 232 g/mol. The summed E-state index contributed by atoms with van der Waals surface area (Å²) >= 11 is 0. The van der Waals surface area contributed by atoms with Crippen molar-refractivity contribution in [2.75, 3.05) is 27.4 Å². The van der Waals surface area contributed by atoms with Gasteiger partial charge in [-0.2, -0.15) is 0 Å². The third-order valence-electron chi connectivity index (χ3n) is 3.45. The molecule has 1 N–H and O–H groups in total. The molecule has 18 heavy (non-hydrogen) atoms. The van der Waals surface area contributed by atoms with Crippen LogP contribution in [0.15, 0.2) is 18.2 Å². The molecule has 0 radical (unpaired) electrons. The van der Waals surface area contributed by atoms with Crippen molar-refractivity contribution < 1.29 is 19.3 Å². The monoisotopic (exact) mass is 252 g/mol. The summed E-state index contributed by atoms with van der Waals surface area (Å²) in [6.07, 6.45) is 1.93. The summed E-state index contributed by atoms with van der Waals surface area (Å²) in [4.78, 5) is 0. The Morgan fingerprint density at radius 1 is 1.22 bits per heavy atom. The first-order valence-electron chi connectivity index (χ1n) is 6.23. The van der Waals surface area contributed by atoms with E-state index in [4.69, 9.17) is 19.3 Å². The molecule has 0 aliphatic carbocycles. The van der Waals surface area contributed by atoms with Crippen molar-refractivity contribution in [3.8, 4) is 11.5 Å². The summed E-state index contributed by atoms with van der Waals surface area (Å²) in [5, 5.41) is 9.04. The van der Waals surface area contributed by atoms with Gasteiger partial charge < -0.3 is 19.3 Å². The van der Waals surface area contributed by atoms with Gasteiger partial charge in [-0.3, -0.25) is 0 Å². The molecule has 1 aliphatic rings. The molecule has 0 aromatic heterocycles. The second-order valence-corrected chi connectivity index (χ2v) is 4.53. The Balaban J connectivity index is 2.09. The first-order valence-corrected chi connectivity index (χ1v) is 6.23. The molecule has 2 atom stereocenters. The van der Waals surface area contributed by atoms with Gasteiger partial charge in [0.05, 0.1) is 33.5 Å². The van der Waals surface area contributed by atoms with Crippen LogP contribution < -0.4 is 9.47 Å². The van der Waals surface area contributed by atoms with Gasteiger partial charge in [0.1, 0.15) is 0 Å². The zero-order chi connectivity index (χ0) is 13.0. The van der Waals surface area contributed by atoms with Crippen molar-refractivity contribution in [1.82, 2.24) is 0 Å². The largest absolute Gasteiger partial charge is 0.493 e. The number of aliphatic hydroxyl groups excluding tert-OH is 1. The Morgan fingerprint density at radius 3 is 2.56 bits per heavy atom. The maximum Gasteiger partial charge on any atom is 0.160 e. The van der Waals surface area contributed by atoms with Crippen LogP contribution in [-0.2, 0) is 4.74 Å². The van der Waals surface area contributed by atoms with Crippen molar-refractivity contribution in [3.05, 3.63) is 23.8 Å². The first-order chi connectivity index (χ1) is 8.78. The number of benzene rings is 1. The third-order valence-corrected chi connectivity index (χ3v) is 3.45. The standard InChI is InChI=1S/C14H20O4/c1-16-13-6-4-10(7-14(13)17-2)11-3-5-12(8-15)18-9-11/h4,6-7,11-12,15H,3,5,8-9H2,1-2H3/t11-,12-/m0/s1. The van der Waals surface area contributed by atoms with Crippen molar-refractivity contribution in [3.63, 3.8) is 0 Å². The van der Waals surface area contributed by atoms with E-state index in [-0.39, 0.29) is 12.7 Å². The third kappa shape index (κ3) is 2.76. The van der Waals surface area contributed by atoms with E-state index in [1.165, 1.54) is 5.56 Å². The highest BCUT2D eigenvalue weighted by Gasteiger charge is 2.23. The van der Waals surface area contributed by atoms with Gasteiger partial charge in [0.15, 0.2) is 11.5 Å². The van der Waals surface area contributed by atoms with Gasteiger partial charge in [0.2, 0.25) is 0 Å². The Labute approximate surface area is 107 Å². The van der Waals surface area contributed by atoms with Crippen LogP contribution in [-0.4, -0.2) is 38.6 Å². The van der Waals surface area contributed by atoms with E-state index in [0.717, 1.165) is 24.3 Å². The molecule has 1 aromatic rings. The number of hydrogen-bond acceptors (Lipinski definition) is 4. The van der Waals surface area contributed by atoms with Crippen molar-refractivity contribution in [1.29, 1.82) is 0 Å². The topological polar surface area (TPSA) is 47.9 Å². The van der Waals surface area contributed by atoms with Crippen LogP contribution in [0.1, 0.15) is 24.3 Å². The van der Waals surface area contributed by atoms with Crippen molar-refractivity contribution in [2.24, 2.45) is 0 Å². The van der Waals surface area contributed by atoms with Gasteiger partial charge in [0.25, 0.3) is 0 Å². The maximum absolute atomic E-state index is 9.04. The average Bonchev–Trinajstić information content (AvgIpc) is 2.46. The van der Waals surface area contributed by atoms with Gasteiger partial charge >= 0.3 is 0 Å². The zero-order valence-corrected chi connectivity index (χ0v) is 10.9. The molecule has 0 bridgehead atoms. The molecule has 4 nitrogen and oxygen atoms in total. The fraction of sp³-hybridized carbons (Fsp3) is 0.571. The Morgan fingerprint density at radius 2 is 2.00 bits per heavy atom. The summed E-state index contributed by atoms with van der Waals surface area (Å²) in [6.45, 7) is 0.763. The Hall–Kier alpha value is -1.26. The summed E-state index contributed by atoms with van der Waals surface area (Å²) in [6, 6.07) is 5.98. The minimum absolute atomic E-state index is 0.00129. The molecule has 1 saturated heterocycles. The first kappa shape index (κ1) is 13.2. The SMILES string of the molecule is COc1ccc([C@H]2CC[C@@H](CO)OC2)cc1OC. The molecular formula is C14H20O4. The van der Waals surface area contributed by atoms with E-state index in [1.807, 2.05) is 12.1 Å². The number of rotatable bonds is 4. The van der Waals surface area contributed by atoms with E-state index < -0.39 is 0 Å². The second kappa shape index (κ2) is 6.07. The molecule has 100 valence electrons. The Kier molecular flexibility index (Phi) is 4.44. The number of aliphatic hydroxyl groups is 1. The van der Waals surface area contributed by atoms with E-state index in [9.17, 15) is 0 Å². The van der Waals surface area contributed by atoms with Gasteiger partial charge in [0, 0.05) is 5.92 Å². The molecule has 1 fully saturated rings. The van der Waals surface area contributed by atoms with Crippen molar-refractivity contribution in [2.45, 2.75) is 24.9 Å². The molecule has 0 saturated carbocycles. The minimum Gasteiger partial charge on any atom is -0.493 e. The van der Waals surface area contributed by atoms with Gasteiger partial charge in [-0.05, 0) is 30.5 Å². The summed E-state index contributed by atoms with van der Waals surface area (Å²) in [5.74, 6) is 1.86. The summed E-state index contributed by atoms with van der Waals surface area (Å²) in [7, 11) is 3.27. The number of ether oxygens (including phenoxy) is 3. The van der Waals surface area contributed by atoms with Crippen LogP contribution in [0.4, 0.5) is 0 Å².